The van der Waals surface area contributed by atoms with Crippen LogP contribution in [0.2, 0.25) is 5.02 Å². The normalized spacial score (nSPS) is 12.0. The van der Waals surface area contributed by atoms with Crippen molar-refractivity contribution in [1.82, 2.24) is 5.32 Å². The lowest BCUT2D eigenvalue weighted by atomic mass is 9.95. The molecule has 4 nitrogen and oxygen atoms in total. The van der Waals surface area contributed by atoms with E-state index in [0.717, 1.165) is 5.56 Å². The molecule has 100 valence electrons. The highest BCUT2D eigenvalue weighted by Gasteiger charge is 2.15. The Morgan fingerprint density at radius 1 is 1.56 bits per heavy atom. The Hall–Kier alpha value is -1.26. The first-order chi connectivity index (χ1) is 8.62. The molecule has 5 heteroatoms. The Morgan fingerprint density at radius 3 is 2.78 bits per heavy atom. The van der Waals surface area contributed by atoms with Crippen molar-refractivity contribution in [2.75, 3.05) is 20.2 Å². The number of amides is 1. The maximum absolute atomic E-state index is 11.6. The summed E-state index contributed by atoms with van der Waals surface area (Å²) in [6.07, 6.45) is 0.368. The molecular formula is C13H19ClN2O2. The molecule has 0 heterocycles. The summed E-state index contributed by atoms with van der Waals surface area (Å²) in [5, 5.41) is 3.30. The van der Waals surface area contributed by atoms with E-state index in [0.29, 0.717) is 30.3 Å². The van der Waals surface area contributed by atoms with Gasteiger partial charge in [-0.15, -0.1) is 0 Å². The minimum atomic E-state index is -0.0278. The number of methoxy groups -OCH3 is 1. The van der Waals surface area contributed by atoms with E-state index in [4.69, 9.17) is 22.1 Å². The van der Waals surface area contributed by atoms with Crippen molar-refractivity contribution in [1.29, 1.82) is 0 Å². The van der Waals surface area contributed by atoms with E-state index in [1.54, 1.807) is 19.2 Å². The predicted molar refractivity (Wildman–Crippen MR) is 73.1 cm³/mol. The zero-order chi connectivity index (χ0) is 13.5. The van der Waals surface area contributed by atoms with Crippen LogP contribution in [-0.2, 0) is 4.79 Å². The zero-order valence-corrected chi connectivity index (χ0v) is 11.5. The van der Waals surface area contributed by atoms with Crippen molar-refractivity contribution in [3.63, 3.8) is 0 Å². The predicted octanol–water partition coefficient (Wildman–Crippen LogP) is 1.92. The van der Waals surface area contributed by atoms with Gasteiger partial charge in [0.2, 0.25) is 5.91 Å². The van der Waals surface area contributed by atoms with Gasteiger partial charge in [-0.05, 0) is 31.2 Å². The molecule has 0 bridgehead atoms. The zero-order valence-electron chi connectivity index (χ0n) is 10.7. The van der Waals surface area contributed by atoms with Gasteiger partial charge in [0, 0.05) is 18.9 Å². The summed E-state index contributed by atoms with van der Waals surface area (Å²) in [6, 6.07) is 5.48. The molecule has 0 saturated carbocycles. The largest absolute Gasteiger partial charge is 0.495 e. The topological polar surface area (TPSA) is 64.4 Å². The molecule has 0 aliphatic heterocycles. The summed E-state index contributed by atoms with van der Waals surface area (Å²) >= 11 is 6.06. The lowest BCUT2D eigenvalue weighted by Gasteiger charge is -2.16. The van der Waals surface area contributed by atoms with Gasteiger partial charge in [-0.25, -0.2) is 0 Å². The highest BCUT2D eigenvalue weighted by Crippen LogP contribution is 2.29. The fourth-order valence-corrected chi connectivity index (χ4v) is 2.03. The van der Waals surface area contributed by atoms with Crippen molar-refractivity contribution in [2.24, 2.45) is 5.73 Å². The minimum Gasteiger partial charge on any atom is -0.495 e. The molecule has 3 N–H and O–H groups in total. The Labute approximate surface area is 112 Å². The number of nitrogens with two attached hydrogens (primary N) is 1. The Bertz CT molecular complexity index is 410. The molecule has 0 aromatic heterocycles. The highest BCUT2D eigenvalue weighted by molar-refractivity contribution is 6.32. The Balaban J connectivity index is 2.82. The molecule has 1 unspecified atom stereocenters. The van der Waals surface area contributed by atoms with Crippen LogP contribution in [0.15, 0.2) is 18.2 Å². The number of ether oxygens (including phenoxy) is 1. The quantitative estimate of drug-likeness (QED) is 0.830. The molecule has 18 heavy (non-hydrogen) atoms. The highest BCUT2D eigenvalue weighted by atomic mass is 35.5. The van der Waals surface area contributed by atoms with Crippen molar-refractivity contribution in [2.45, 2.75) is 19.3 Å². The van der Waals surface area contributed by atoms with E-state index in [2.05, 4.69) is 5.32 Å². The van der Waals surface area contributed by atoms with E-state index in [1.807, 2.05) is 13.0 Å². The van der Waals surface area contributed by atoms with Gasteiger partial charge in [-0.2, -0.15) is 0 Å². The Kier molecular flexibility index (Phi) is 5.95. The number of hydrogen-bond acceptors (Lipinski definition) is 3. The van der Waals surface area contributed by atoms with Crippen LogP contribution in [0.4, 0.5) is 0 Å². The maximum atomic E-state index is 11.6. The van der Waals surface area contributed by atoms with Crippen molar-refractivity contribution in [3.05, 3.63) is 28.8 Å². The van der Waals surface area contributed by atoms with Crippen molar-refractivity contribution in [3.8, 4) is 5.75 Å². The van der Waals surface area contributed by atoms with Gasteiger partial charge in [0.25, 0.3) is 0 Å². The van der Waals surface area contributed by atoms with Gasteiger partial charge < -0.3 is 15.8 Å². The molecule has 0 spiro atoms. The molecular weight excluding hydrogens is 252 g/mol. The van der Waals surface area contributed by atoms with E-state index in [9.17, 15) is 4.79 Å². The van der Waals surface area contributed by atoms with Crippen molar-refractivity contribution < 1.29 is 9.53 Å². The summed E-state index contributed by atoms with van der Waals surface area (Å²) < 4.78 is 5.09. The van der Waals surface area contributed by atoms with E-state index >= 15 is 0 Å². The van der Waals surface area contributed by atoms with E-state index in [-0.39, 0.29) is 11.8 Å². The van der Waals surface area contributed by atoms with E-state index in [1.165, 1.54) is 0 Å². The fourth-order valence-electron chi connectivity index (χ4n) is 1.77. The molecule has 1 aromatic carbocycles. The summed E-state index contributed by atoms with van der Waals surface area (Å²) in [7, 11) is 1.57. The molecule has 0 radical (unpaired) electrons. The van der Waals surface area contributed by atoms with Crippen LogP contribution in [0.5, 0.6) is 5.75 Å². The lowest BCUT2D eigenvalue weighted by molar-refractivity contribution is -0.121. The molecule has 0 fully saturated rings. The van der Waals surface area contributed by atoms with Crippen LogP contribution >= 0.6 is 11.6 Å². The number of rotatable bonds is 6. The van der Waals surface area contributed by atoms with Crippen LogP contribution in [-0.4, -0.2) is 26.1 Å². The van der Waals surface area contributed by atoms with Gasteiger partial charge in [0.1, 0.15) is 5.75 Å². The second-order valence-electron chi connectivity index (χ2n) is 3.98. The molecule has 1 atom stereocenters. The van der Waals surface area contributed by atoms with E-state index < -0.39 is 0 Å². The monoisotopic (exact) mass is 270 g/mol. The first-order valence-electron chi connectivity index (χ1n) is 5.92. The van der Waals surface area contributed by atoms with Crippen LogP contribution in [0.3, 0.4) is 0 Å². The number of hydrogen-bond donors (Lipinski definition) is 2. The number of benzene rings is 1. The first-order valence-corrected chi connectivity index (χ1v) is 6.30. The van der Waals surface area contributed by atoms with Gasteiger partial charge in [0.05, 0.1) is 12.1 Å². The molecule has 0 saturated heterocycles. The molecule has 1 aromatic rings. The number of carbonyl (C=O) groups excluding carboxylic acids is 1. The lowest BCUT2D eigenvalue weighted by Crippen LogP contribution is -2.27. The average molecular weight is 271 g/mol. The minimum absolute atomic E-state index is 0.000101. The molecule has 1 rings (SSSR count). The van der Waals surface area contributed by atoms with Gasteiger partial charge >= 0.3 is 0 Å². The van der Waals surface area contributed by atoms with Crippen LogP contribution in [0.1, 0.15) is 24.8 Å². The second-order valence-corrected chi connectivity index (χ2v) is 4.39. The smallest absolute Gasteiger partial charge is 0.220 e. The SMILES string of the molecule is CCNC(=O)CC(CN)c1ccc(OC)c(Cl)c1. The third-order valence-corrected chi connectivity index (χ3v) is 3.03. The number of nitrogens with one attached hydrogen (secondary N) is 1. The van der Waals surface area contributed by atoms with Crippen molar-refractivity contribution >= 4 is 17.5 Å². The maximum Gasteiger partial charge on any atom is 0.220 e. The fraction of sp³-hybridized carbons (Fsp3) is 0.462. The van der Waals surface area contributed by atoms with Gasteiger partial charge in [-0.1, -0.05) is 17.7 Å². The first kappa shape index (κ1) is 14.8. The summed E-state index contributed by atoms with van der Waals surface area (Å²) in [4.78, 5) is 11.6. The summed E-state index contributed by atoms with van der Waals surface area (Å²) in [5.74, 6) is 0.592. The molecule has 0 aliphatic carbocycles. The van der Waals surface area contributed by atoms with Gasteiger partial charge in [-0.3, -0.25) is 4.79 Å². The number of halogens is 1. The Morgan fingerprint density at radius 2 is 2.28 bits per heavy atom. The second kappa shape index (κ2) is 7.24. The summed E-state index contributed by atoms with van der Waals surface area (Å²) in [6.45, 7) is 2.92. The van der Waals surface area contributed by atoms with Crippen LogP contribution in [0.25, 0.3) is 0 Å². The van der Waals surface area contributed by atoms with Crippen LogP contribution < -0.4 is 15.8 Å². The number of carbonyl (C=O) groups is 1. The summed E-state index contributed by atoms with van der Waals surface area (Å²) in [5.41, 5.74) is 6.67. The van der Waals surface area contributed by atoms with Crippen LogP contribution in [0, 0.1) is 0 Å². The van der Waals surface area contributed by atoms with Gasteiger partial charge in [0.15, 0.2) is 0 Å². The third kappa shape index (κ3) is 3.89. The standard InChI is InChI=1S/C13H19ClN2O2/c1-3-16-13(17)7-10(8-15)9-4-5-12(18-2)11(14)6-9/h4-6,10H,3,7-8,15H2,1-2H3,(H,16,17). The molecule has 1 amide bonds. The average Bonchev–Trinajstić information content (AvgIpc) is 2.36. The molecule has 0 aliphatic rings. The third-order valence-electron chi connectivity index (χ3n) is 2.74.